The number of amides is 1. The fourth-order valence-corrected chi connectivity index (χ4v) is 1.59. The van der Waals surface area contributed by atoms with Gasteiger partial charge in [0.25, 0.3) is 5.91 Å². The minimum absolute atomic E-state index is 0.00157. The molecule has 0 aromatic carbocycles. The first kappa shape index (κ1) is 15.3. The lowest BCUT2D eigenvalue weighted by Gasteiger charge is -2.27. The number of methoxy groups -OCH3 is 1. The highest BCUT2D eigenvalue weighted by molar-refractivity contribution is 5.77. The Balaban J connectivity index is 2.44. The van der Waals surface area contributed by atoms with E-state index in [0.717, 1.165) is 31.9 Å². The summed E-state index contributed by atoms with van der Waals surface area (Å²) in [7, 11) is 1.60. The van der Waals surface area contributed by atoms with Gasteiger partial charge in [-0.2, -0.15) is 0 Å². The third-order valence-corrected chi connectivity index (χ3v) is 2.84. The van der Waals surface area contributed by atoms with Crippen molar-refractivity contribution in [3.63, 3.8) is 0 Å². The molecule has 1 rings (SSSR count). The fraction of sp³-hybridized carbons (Fsp3) is 0.500. The molecule has 106 valence electrons. The lowest BCUT2D eigenvalue weighted by Crippen LogP contribution is -2.47. The monoisotopic (exact) mass is 266 g/mol. The number of carbonyl (C=O) groups is 1. The zero-order valence-corrected chi connectivity index (χ0v) is 11.6. The molecule has 1 heterocycles. The topological polar surface area (TPSA) is 50.8 Å². The van der Waals surface area contributed by atoms with Crippen molar-refractivity contribution in [3.05, 3.63) is 36.3 Å². The first-order valence-electron chi connectivity index (χ1n) is 6.33. The van der Waals surface area contributed by atoms with Gasteiger partial charge in [0.1, 0.15) is 5.76 Å². The molecule has 1 aliphatic rings. The number of carbonyl (C=O) groups excluding carboxylic acids is 1. The maximum Gasteiger partial charge on any atom is 0.260 e. The maximum atomic E-state index is 11.9. The Kier molecular flexibility index (Phi) is 6.74. The van der Waals surface area contributed by atoms with Gasteiger partial charge in [-0.05, 0) is 25.2 Å². The Morgan fingerprint density at radius 3 is 2.63 bits per heavy atom. The van der Waals surface area contributed by atoms with E-state index in [2.05, 4.69) is 11.9 Å². The summed E-state index contributed by atoms with van der Waals surface area (Å²) < 4.78 is 10.4. The van der Waals surface area contributed by atoms with Crippen LogP contribution in [-0.2, 0) is 14.3 Å². The Labute approximate surface area is 114 Å². The van der Waals surface area contributed by atoms with E-state index in [1.807, 2.05) is 6.92 Å². The smallest absolute Gasteiger partial charge is 0.260 e. The molecule has 19 heavy (non-hydrogen) atoms. The fourth-order valence-electron chi connectivity index (χ4n) is 1.59. The lowest BCUT2D eigenvalue weighted by atomic mass is 10.3. The Morgan fingerprint density at radius 2 is 2.05 bits per heavy atom. The second kappa shape index (κ2) is 8.37. The van der Waals surface area contributed by atoms with Crippen LogP contribution in [0.15, 0.2) is 36.3 Å². The Hall–Kier alpha value is -1.75. The van der Waals surface area contributed by atoms with Crippen molar-refractivity contribution in [2.75, 3.05) is 39.9 Å². The van der Waals surface area contributed by atoms with Crippen LogP contribution >= 0.6 is 0 Å². The molecule has 0 aliphatic carbocycles. The van der Waals surface area contributed by atoms with Crippen LogP contribution in [0.1, 0.15) is 6.92 Å². The van der Waals surface area contributed by atoms with Crippen molar-refractivity contribution < 1.29 is 14.3 Å². The first-order chi connectivity index (χ1) is 9.17. The van der Waals surface area contributed by atoms with E-state index < -0.39 is 0 Å². The van der Waals surface area contributed by atoms with Gasteiger partial charge < -0.3 is 19.7 Å². The molecular formula is C14H22N2O3. The highest BCUT2D eigenvalue weighted by Crippen LogP contribution is 2.03. The lowest BCUT2D eigenvalue weighted by molar-refractivity contribution is -0.135. The summed E-state index contributed by atoms with van der Waals surface area (Å²) in [6.07, 6.45) is 5.08. The van der Waals surface area contributed by atoms with Gasteiger partial charge >= 0.3 is 0 Å². The van der Waals surface area contributed by atoms with Gasteiger partial charge in [-0.15, -0.1) is 0 Å². The quantitative estimate of drug-likeness (QED) is 0.577. The second-order valence-corrected chi connectivity index (χ2v) is 4.17. The zero-order valence-electron chi connectivity index (χ0n) is 11.6. The summed E-state index contributed by atoms with van der Waals surface area (Å²) in [5.41, 5.74) is 0. The van der Waals surface area contributed by atoms with Crippen molar-refractivity contribution in [2.24, 2.45) is 0 Å². The van der Waals surface area contributed by atoms with Crippen LogP contribution in [0.5, 0.6) is 0 Å². The average molecular weight is 266 g/mol. The molecule has 0 aromatic heterocycles. The number of rotatable bonds is 6. The van der Waals surface area contributed by atoms with Crippen LogP contribution in [0, 0.1) is 0 Å². The number of nitrogens with zero attached hydrogens (tertiary/aromatic N) is 1. The van der Waals surface area contributed by atoms with Gasteiger partial charge in [-0.25, -0.2) is 0 Å². The molecule has 5 heteroatoms. The van der Waals surface area contributed by atoms with Crippen molar-refractivity contribution in [2.45, 2.75) is 6.92 Å². The van der Waals surface area contributed by atoms with Gasteiger partial charge in [0.05, 0.1) is 12.9 Å². The first-order valence-corrected chi connectivity index (χ1v) is 6.33. The minimum Gasteiger partial charge on any atom is -0.501 e. The molecule has 1 N–H and O–H groups in total. The van der Waals surface area contributed by atoms with Crippen LogP contribution < -0.4 is 5.32 Å². The molecule has 1 fully saturated rings. The van der Waals surface area contributed by atoms with Crippen LogP contribution in [0.4, 0.5) is 0 Å². The molecule has 0 atom stereocenters. The maximum absolute atomic E-state index is 11.9. The largest absolute Gasteiger partial charge is 0.501 e. The van der Waals surface area contributed by atoms with Crippen LogP contribution in [0.2, 0.25) is 0 Å². The van der Waals surface area contributed by atoms with E-state index in [1.54, 1.807) is 30.2 Å². The summed E-state index contributed by atoms with van der Waals surface area (Å²) in [6.45, 7) is 8.68. The average Bonchev–Trinajstić information content (AvgIpc) is 2.47. The van der Waals surface area contributed by atoms with E-state index in [4.69, 9.17) is 9.47 Å². The third-order valence-electron chi connectivity index (χ3n) is 2.84. The van der Waals surface area contributed by atoms with Gasteiger partial charge in [0.2, 0.25) is 0 Å². The van der Waals surface area contributed by atoms with Gasteiger partial charge in [-0.3, -0.25) is 4.79 Å². The number of allylic oxidation sites excluding steroid dienone is 4. The minimum atomic E-state index is 0.00157. The van der Waals surface area contributed by atoms with Crippen molar-refractivity contribution >= 4 is 5.91 Å². The van der Waals surface area contributed by atoms with Gasteiger partial charge in [0, 0.05) is 26.2 Å². The van der Waals surface area contributed by atoms with E-state index in [0.29, 0.717) is 5.76 Å². The van der Waals surface area contributed by atoms with Crippen molar-refractivity contribution in [3.8, 4) is 0 Å². The van der Waals surface area contributed by atoms with Gasteiger partial charge in [0.15, 0.2) is 6.61 Å². The molecule has 5 nitrogen and oxygen atoms in total. The summed E-state index contributed by atoms with van der Waals surface area (Å²) in [6, 6.07) is 0. The molecule has 1 amide bonds. The van der Waals surface area contributed by atoms with E-state index in [-0.39, 0.29) is 12.5 Å². The summed E-state index contributed by atoms with van der Waals surface area (Å²) in [5.74, 6) is 1.32. The molecule has 0 saturated carbocycles. The standard InChI is InChI=1S/C14H22N2O3/c1-4-13(6-5-12(2)18-3)19-11-14(17)16-9-7-15-8-10-16/h4-6,15H,1,7-11H2,2-3H3/b12-5+,13-6+. The molecular weight excluding hydrogens is 244 g/mol. The number of ether oxygens (including phenoxy) is 2. The highest BCUT2D eigenvalue weighted by atomic mass is 16.5. The van der Waals surface area contributed by atoms with E-state index in [9.17, 15) is 4.79 Å². The predicted octanol–water partition coefficient (Wildman–Crippen LogP) is 1.05. The number of piperazine rings is 1. The predicted molar refractivity (Wildman–Crippen MR) is 74.4 cm³/mol. The van der Waals surface area contributed by atoms with Crippen LogP contribution in [-0.4, -0.2) is 50.7 Å². The molecule has 0 radical (unpaired) electrons. The molecule has 0 unspecified atom stereocenters. The van der Waals surface area contributed by atoms with Crippen molar-refractivity contribution in [1.82, 2.24) is 10.2 Å². The van der Waals surface area contributed by atoms with Crippen LogP contribution in [0.25, 0.3) is 0 Å². The normalized spacial score (nSPS) is 17.1. The SMILES string of the molecule is C=C/C(=C\C=C(/C)OC)OCC(=O)N1CCNCC1. The number of nitrogens with one attached hydrogen (secondary N) is 1. The Morgan fingerprint density at radius 1 is 1.37 bits per heavy atom. The summed E-state index contributed by atoms with van der Waals surface area (Å²) in [4.78, 5) is 13.7. The van der Waals surface area contributed by atoms with E-state index in [1.165, 1.54) is 0 Å². The molecule has 1 aliphatic heterocycles. The van der Waals surface area contributed by atoms with Crippen LogP contribution in [0.3, 0.4) is 0 Å². The third kappa shape index (κ3) is 5.61. The summed E-state index contributed by atoms with van der Waals surface area (Å²) in [5, 5.41) is 3.20. The van der Waals surface area contributed by atoms with E-state index >= 15 is 0 Å². The number of hydrogen-bond donors (Lipinski definition) is 1. The molecule has 1 saturated heterocycles. The van der Waals surface area contributed by atoms with Crippen molar-refractivity contribution in [1.29, 1.82) is 0 Å². The number of hydrogen-bond acceptors (Lipinski definition) is 4. The highest BCUT2D eigenvalue weighted by Gasteiger charge is 2.16. The Bertz CT molecular complexity index is 369. The molecule has 0 spiro atoms. The molecule has 0 aromatic rings. The van der Waals surface area contributed by atoms with Gasteiger partial charge in [-0.1, -0.05) is 6.58 Å². The molecule has 0 bridgehead atoms. The zero-order chi connectivity index (χ0) is 14.1. The second-order valence-electron chi connectivity index (χ2n) is 4.17. The summed E-state index contributed by atoms with van der Waals surface area (Å²) >= 11 is 0.